The minimum atomic E-state index is -0.766. The predicted octanol–water partition coefficient (Wildman–Crippen LogP) is 2.23. The maximum absolute atomic E-state index is 12.6. The van der Waals surface area contributed by atoms with Gasteiger partial charge in [-0.25, -0.2) is 0 Å². The Bertz CT molecular complexity index is 499. The number of hydrogen-bond acceptors (Lipinski definition) is 4. The molecule has 21 heavy (non-hydrogen) atoms. The summed E-state index contributed by atoms with van der Waals surface area (Å²) in [7, 11) is 1.31. The number of aliphatic hydroxyl groups excluding tert-OH is 1. The number of hydrogen-bond donors (Lipinski definition) is 1. The fourth-order valence-electron chi connectivity index (χ4n) is 1.82. The number of amides is 1. The molecule has 0 aromatic heterocycles. The number of esters is 1. The normalized spacial score (nSPS) is 11.1. The molecule has 0 saturated heterocycles. The van der Waals surface area contributed by atoms with Crippen molar-refractivity contribution in [3.63, 3.8) is 0 Å². The molecule has 5 nitrogen and oxygen atoms in total. The molecule has 116 valence electrons. The van der Waals surface area contributed by atoms with E-state index in [1.54, 1.807) is 38.1 Å². The van der Waals surface area contributed by atoms with Gasteiger partial charge in [-0.3, -0.25) is 9.59 Å². The van der Waals surface area contributed by atoms with E-state index in [0.29, 0.717) is 5.56 Å². The summed E-state index contributed by atoms with van der Waals surface area (Å²) in [6, 6.07) is 6.95. The third kappa shape index (κ3) is 4.82. The maximum atomic E-state index is 12.6. The highest BCUT2D eigenvalue weighted by Gasteiger charge is 2.31. The zero-order valence-corrected chi connectivity index (χ0v) is 14.0. The molecule has 0 bridgehead atoms. The van der Waals surface area contributed by atoms with Gasteiger partial charge in [0.2, 0.25) is 0 Å². The number of nitrogens with zero attached hydrogens (tertiary/aromatic N) is 1. The minimum Gasteiger partial charge on any atom is -0.469 e. The van der Waals surface area contributed by atoms with Crippen molar-refractivity contribution in [2.24, 2.45) is 0 Å². The zero-order chi connectivity index (χ0) is 16.0. The van der Waals surface area contributed by atoms with Crippen molar-refractivity contribution in [3.05, 3.63) is 34.3 Å². The van der Waals surface area contributed by atoms with Gasteiger partial charge < -0.3 is 14.7 Å². The number of ether oxygens (including phenoxy) is 1. The average molecular weight is 358 g/mol. The smallest absolute Gasteiger partial charge is 0.307 e. The van der Waals surface area contributed by atoms with Gasteiger partial charge in [0.25, 0.3) is 5.91 Å². The SMILES string of the molecule is COC(=O)CCN(C(=O)c1ccc(Br)cc1)C(C)(C)CO. The molecule has 0 fully saturated rings. The number of carbonyl (C=O) groups is 2. The number of rotatable bonds is 6. The Balaban J connectivity index is 2.97. The van der Waals surface area contributed by atoms with Gasteiger partial charge in [-0.05, 0) is 38.1 Å². The molecule has 0 radical (unpaired) electrons. The fraction of sp³-hybridized carbons (Fsp3) is 0.467. The largest absolute Gasteiger partial charge is 0.469 e. The summed E-state index contributed by atoms with van der Waals surface area (Å²) in [5.41, 5.74) is -0.261. The van der Waals surface area contributed by atoms with Crippen molar-refractivity contribution in [1.82, 2.24) is 4.90 Å². The molecule has 0 spiro atoms. The van der Waals surface area contributed by atoms with Gasteiger partial charge in [0.1, 0.15) is 0 Å². The first-order chi connectivity index (χ1) is 9.81. The highest BCUT2D eigenvalue weighted by molar-refractivity contribution is 9.10. The van der Waals surface area contributed by atoms with E-state index in [1.165, 1.54) is 12.0 Å². The first-order valence-electron chi connectivity index (χ1n) is 6.57. The summed E-state index contributed by atoms with van der Waals surface area (Å²) < 4.78 is 5.48. The molecule has 0 atom stereocenters. The van der Waals surface area contributed by atoms with Crippen LogP contribution in [0.5, 0.6) is 0 Å². The van der Waals surface area contributed by atoms with Gasteiger partial charge in [-0.15, -0.1) is 0 Å². The lowest BCUT2D eigenvalue weighted by Crippen LogP contribution is -2.51. The lowest BCUT2D eigenvalue weighted by atomic mass is 10.0. The number of aliphatic hydroxyl groups is 1. The number of carbonyl (C=O) groups excluding carboxylic acids is 2. The van der Waals surface area contributed by atoms with Crippen molar-refractivity contribution < 1.29 is 19.4 Å². The Labute approximate surface area is 133 Å². The van der Waals surface area contributed by atoms with Gasteiger partial charge in [-0.1, -0.05) is 15.9 Å². The summed E-state index contributed by atoms with van der Waals surface area (Å²) in [4.78, 5) is 25.4. The van der Waals surface area contributed by atoms with Crippen LogP contribution in [0.15, 0.2) is 28.7 Å². The van der Waals surface area contributed by atoms with Gasteiger partial charge in [0.15, 0.2) is 0 Å². The summed E-state index contributed by atoms with van der Waals surface area (Å²) in [6.07, 6.45) is 0.0855. The molecule has 1 rings (SSSR count). The van der Waals surface area contributed by atoms with Crippen LogP contribution in [0.3, 0.4) is 0 Å². The predicted molar refractivity (Wildman–Crippen MR) is 83.0 cm³/mol. The van der Waals surface area contributed by atoms with Crippen molar-refractivity contribution in [2.75, 3.05) is 20.3 Å². The van der Waals surface area contributed by atoms with E-state index in [9.17, 15) is 14.7 Å². The molecule has 0 aliphatic rings. The third-order valence-corrected chi connectivity index (χ3v) is 3.75. The van der Waals surface area contributed by atoms with Gasteiger partial charge in [0.05, 0.1) is 25.7 Å². The maximum Gasteiger partial charge on any atom is 0.307 e. The van der Waals surface area contributed by atoms with Crippen LogP contribution in [-0.4, -0.2) is 47.7 Å². The van der Waals surface area contributed by atoms with Crippen molar-refractivity contribution in [1.29, 1.82) is 0 Å². The lowest BCUT2D eigenvalue weighted by molar-refractivity contribution is -0.141. The van der Waals surface area contributed by atoms with Gasteiger partial charge in [0, 0.05) is 16.6 Å². The zero-order valence-electron chi connectivity index (χ0n) is 12.4. The Morgan fingerprint density at radius 1 is 1.29 bits per heavy atom. The highest BCUT2D eigenvalue weighted by Crippen LogP contribution is 2.19. The summed E-state index contributed by atoms with van der Waals surface area (Å²) in [6.45, 7) is 3.49. The molecule has 1 aromatic carbocycles. The van der Waals surface area contributed by atoms with E-state index < -0.39 is 11.5 Å². The minimum absolute atomic E-state index is 0.0855. The Hall–Kier alpha value is -1.40. The van der Waals surface area contributed by atoms with E-state index in [-0.39, 0.29) is 25.5 Å². The molecule has 1 N–H and O–H groups in total. The molecule has 1 aromatic rings. The lowest BCUT2D eigenvalue weighted by Gasteiger charge is -2.37. The van der Waals surface area contributed by atoms with Gasteiger partial charge >= 0.3 is 5.97 Å². The van der Waals surface area contributed by atoms with Crippen molar-refractivity contribution in [2.45, 2.75) is 25.8 Å². The second-order valence-electron chi connectivity index (χ2n) is 5.26. The summed E-state index contributed by atoms with van der Waals surface area (Å²) >= 11 is 3.32. The van der Waals surface area contributed by atoms with E-state index in [4.69, 9.17) is 0 Å². The second kappa shape index (κ2) is 7.56. The topological polar surface area (TPSA) is 66.8 Å². The average Bonchev–Trinajstić information content (AvgIpc) is 2.47. The van der Waals surface area contributed by atoms with Crippen LogP contribution < -0.4 is 0 Å². The molecular formula is C15H20BrNO4. The third-order valence-electron chi connectivity index (χ3n) is 3.22. The van der Waals surface area contributed by atoms with E-state index in [2.05, 4.69) is 20.7 Å². The van der Waals surface area contributed by atoms with Crippen LogP contribution in [-0.2, 0) is 9.53 Å². The van der Waals surface area contributed by atoms with E-state index in [0.717, 1.165) is 4.47 Å². The first-order valence-corrected chi connectivity index (χ1v) is 7.36. The van der Waals surface area contributed by atoms with Crippen molar-refractivity contribution in [3.8, 4) is 0 Å². The molecule has 0 aliphatic heterocycles. The van der Waals surface area contributed by atoms with E-state index >= 15 is 0 Å². The molecule has 0 aliphatic carbocycles. The Kier molecular flexibility index (Phi) is 6.36. The number of methoxy groups -OCH3 is 1. The molecule has 6 heteroatoms. The highest BCUT2D eigenvalue weighted by atomic mass is 79.9. The van der Waals surface area contributed by atoms with Crippen LogP contribution in [0.1, 0.15) is 30.6 Å². The molecule has 0 unspecified atom stereocenters. The van der Waals surface area contributed by atoms with Crippen LogP contribution in [0.2, 0.25) is 0 Å². The Morgan fingerprint density at radius 3 is 2.33 bits per heavy atom. The molecule has 1 amide bonds. The standard InChI is InChI=1S/C15H20BrNO4/c1-15(2,10-18)17(9-8-13(19)21-3)14(20)11-4-6-12(16)7-5-11/h4-7,18H,8-10H2,1-3H3. The van der Waals surface area contributed by atoms with E-state index in [1.807, 2.05) is 0 Å². The van der Waals surface area contributed by atoms with Gasteiger partial charge in [-0.2, -0.15) is 0 Å². The molecule has 0 heterocycles. The number of benzene rings is 1. The van der Waals surface area contributed by atoms with Crippen LogP contribution in [0.4, 0.5) is 0 Å². The monoisotopic (exact) mass is 357 g/mol. The van der Waals surface area contributed by atoms with Crippen LogP contribution in [0, 0.1) is 0 Å². The van der Waals surface area contributed by atoms with Crippen LogP contribution in [0.25, 0.3) is 0 Å². The fourth-order valence-corrected chi connectivity index (χ4v) is 2.08. The quantitative estimate of drug-likeness (QED) is 0.792. The van der Waals surface area contributed by atoms with Crippen molar-refractivity contribution >= 4 is 27.8 Å². The summed E-state index contributed by atoms with van der Waals surface area (Å²) in [5, 5.41) is 9.51. The summed E-state index contributed by atoms with van der Waals surface area (Å²) in [5.74, 6) is -0.622. The first kappa shape index (κ1) is 17.7. The molecule has 0 saturated carbocycles. The molecular weight excluding hydrogens is 338 g/mol. The van der Waals surface area contributed by atoms with Crippen LogP contribution >= 0.6 is 15.9 Å². The number of halogens is 1. The second-order valence-corrected chi connectivity index (χ2v) is 6.18. The Morgan fingerprint density at radius 2 is 1.86 bits per heavy atom.